The average molecular weight is 288 g/mol. The molecule has 0 spiro atoms. The second kappa shape index (κ2) is 8.18. The molecule has 0 amide bonds. The molecule has 1 unspecified atom stereocenters. The summed E-state index contributed by atoms with van der Waals surface area (Å²) in [5.74, 6) is 0.194. The van der Waals surface area contributed by atoms with Crippen molar-refractivity contribution in [2.24, 2.45) is 0 Å². The SMILES string of the molecule is CCC(NC1CCCCCCC1)C(=O)c1ccc(N)cc1. The zero-order chi connectivity index (χ0) is 15.1. The fourth-order valence-corrected chi connectivity index (χ4v) is 3.13. The molecule has 0 radical (unpaired) electrons. The lowest BCUT2D eigenvalue weighted by molar-refractivity contribution is 0.0930. The van der Waals surface area contributed by atoms with Crippen molar-refractivity contribution < 1.29 is 4.79 Å². The highest BCUT2D eigenvalue weighted by Crippen LogP contribution is 2.19. The van der Waals surface area contributed by atoms with Crippen molar-refractivity contribution >= 4 is 11.5 Å². The first-order valence-corrected chi connectivity index (χ1v) is 8.36. The lowest BCUT2D eigenvalue weighted by atomic mass is 9.94. The summed E-state index contributed by atoms with van der Waals surface area (Å²) in [6.45, 7) is 2.08. The summed E-state index contributed by atoms with van der Waals surface area (Å²) < 4.78 is 0. The van der Waals surface area contributed by atoms with E-state index in [2.05, 4.69) is 12.2 Å². The molecule has 1 aliphatic carbocycles. The number of hydrogen-bond acceptors (Lipinski definition) is 3. The van der Waals surface area contributed by atoms with Crippen LogP contribution >= 0.6 is 0 Å². The summed E-state index contributed by atoms with van der Waals surface area (Å²) in [5.41, 5.74) is 7.15. The highest BCUT2D eigenvalue weighted by Gasteiger charge is 2.22. The second-order valence-corrected chi connectivity index (χ2v) is 6.16. The molecular weight excluding hydrogens is 260 g/mol. The van der Waals surface area contributed by atoms with E-state index >= 15 is 0 Å². The van der Waals surface area contributed by atoms with Crippen LogP contribution in [0.25, 0.3) is 0 Å². The fraction of sp³-hybridized carbons (Fsp3) is 0.611. The Morgan fingerprint density at radius 3 is 2.29 bits per heavy atom. The summed E-state index contributed by atoms with van der Waals surface area (Å²) in [6, 6.07) is 7.69. The van der Waals surface area contributed by atoms with Crippen molar-refractivity contribution in [3.63, 3.8) is 0 Å². The van der Waals surface area contributed by atoms with Crippen molar-refractivity contribution in [1.82, 2.24) is 5.32 Å². The molecule has 1 saturated carbocycles. The summed E-state index contributed by atoms with van der Waals surface area (Å²) in [7, 11) is 0. The molecular formula is C18H28N2O. The van der Waals surface area contributed by atoms with E-state index in [1.165, 1.54) is 44.9 Å². The Hall–Kier alpha value is -1.35. The molecule has 0 bridgehead atoms. The van der Waals surface area contributed by atoms with E-state index in [1.807, 2.05) is 12.1 Å². The maximum atomic E-state index is 12.6. The van der Waals surface area contributed by atoms with Gasteiger partial charge < -0.3 is 11.1 Å². The van der Waals surface area contributed by atoms with Gasteiger partial charge in [-0.25, -0.2) is 0 Å². The lowest BCUT2D eigenvalue weighted by Crippen LogP contribution is -2.43. The van der Waals surface area contributed by atoms with Crippen LogP contribution < -0.4 is 11.1 Å². The van der Waals surface area contributed by atoms with Gasteiger partial charge in [-0.05, 0) is 43.5 Å². The average Bonchev–Trinajstić information content (AvgIpc) is 2.46. The molecule has 0 aromatic heterocycles. The van der Waals surface area contributed by atoms with Gasteiger partial charge in [-0.2, -0.15) is 0 Å². The van der Waals surface area contributed by atoms with Crippen molar-refractivity contribution in [2.45, 2.75) is 70.4 Å². The van der Waals surface area contributed by atoms with Gasteiger partial charge in [0.25, 0.3) is 0 Å². The Bertz CT molecular complexity index is 433. The van der Waals surface area contributed by atoms with Crippen molar-refractivity contribution in [3.8, 4) is 0 Å². The van der Waals surface area contributed by atoms with E-state index in [4.69, 9.17) is 5.73 Å². The molecule has 116 valence electrons. The standard InChI is InChI=1S/C18H28N2O/c1-2-17(18(21)14-10-12-15(19)13-11-14)20-16-8-6-4-3-5-7-9-16/h10-13,16-17,20H,2-9,19H2,1H3. The number of carbonyl (C=O) groups is 1. The maximum Gasteiger partial charge on any atom is 0.179 e. The third-order valence-electron chi connectivity index (χ3n) is 4.46. The smallest absolute Gasteiger partial charge is 0.179 e. The zero-order valence-electron chi connectivity index (χ0n) is 13.1. The van der Waals surface area contributed by atoms with Gasteiger partial charge in [0.05, 0.1) is 6.04 Å². The largest absolute Gasteiger partial charge is 0.399 e. The van der Waals surface area contributed by atoms with Gasteiger partial charge in [0.1, 0.15) is 0 Å². The van der Waals surface area contributed by atoms with E-state index in [1.54, 1.807) is 12.1 Å². The van der Waals surface area contributed by atoms with Gasteiger partial charge in [0.2, 0.25) is 0 Å². The molecule has 0 aliphatic heterocycles. The topological polar surface area (TPSA) is 55.1 Å². The van der Waals surface area contributed by atoms with Gasteiger partial charge >= 0.3 is 0 Å². The molecule has 2 rings (SSSR count). The van der Waals surface area contributed by atoms with Crippen LogP contribution in [0.1, 0.15) is 68.6 Å². The molecule has 1 atom stereocenters. The first-order valence-electron chi connectivity index (χ1n) is 8.36. The van der Waals surface area contributed by atoms with Crippen LogP contribution in [0.3, 0.4) is 0 Å². The molecule has 21 heavy (non-hydrogen) atoms. The van der Waals surface area contributed by atoms with Crippen LogP contribution in [0.2, 0.25) is 0 Å². The van der Waals surface area contributed by atoms with E-state index in [-0.39, 0.29) is 11.8 Å². The van der Waals surface area contributed by atoms with Crippen molar-refractivity contribution in [3.05, 3.63) is 29.8 Å². The second-order valence-electron chi connectivity index (χ2n) is 6.16. The van der Waals surface area contributed by atoms with Crippen LogP contribution in [0.15, 0.2) is 24.3 Å². The highest BCUT2D eigenvalue weighted by molar-refractivity contribution is 6.00. The predicted octanol–water partition coefficient (Wildman–Crippen LogP) is 3.93. The first-order chi connectivity index (χ1) is 10.2. The Labute approximate surface area is 128 Å². The van der Waals surface area contributed by atoms with Gasteiger partial charge in [-0.15, -0.1) is 0 Å². The summed E-state index contributed by atoms with van der Waals surface area (Å²) in [4.78, 5) is 12.6. The number of ketones is 1. The first kappa shape index (κ1) is 16.0. The minimum Gasteiger partial charge on any atom is -0.399 e. The number of hydrogen-bond donors (Lipinski definition) is 2. The lowest BCUT2D eigenvalue weighted by Gasteiger charge is -2.26. The Kier molecular flexibility index (Phi) is 6.24. The third-order valence-corrected chi connectivity index (χ3v) is 4.46. The number of nitrogens with two attached hydrogens (primary N) is 1. The molecule has 3 N–H and O–H groups in total. The van der Waals surface area contributed by atoms with Crippen molar-refractivity contribution in [1.29, 1.82) is 0 Å². The van der Waals surface area contributed by atoms with Crippen LogP contribution in [-0.2, 0) is 0 Å². The van der Waals surface area contributed by atoms with Crippen LogP contribution in [-0.4, -0.2) is 17.9 Å². The number of nitrogen functional groups attached to an aromatic ring is 1. The van der Waals surface area contributed by atoms with Gasteiger partial charge in [0, 0.05) is 17.3 Å². The van der Waals surface area contributed by atoms with Crippen LogP contribution in [0.5, 0.6) is 0 Å². The molecule has 1 aromatic carbocycles. The maximum absolute atomic E-state index is 12.6. The molecule has 0 heterocycles. The molecule has 1 fully saturated rings. The Morgan fingerprint density at radius 2 is 1.71 bits per heavy atom. The number of nitrogens with one attached hydrogen (secondary N) is 1. The molecule has 1 aromatic rings. The van der Waals surface area contributed by atoms with Gasteiger partial charge in [-0.1, -0.05) is 39.0 Å². The number of rotatable bonds is 5. The molecule has 3 nitrogen and oxygen atoms in total. The van der Waals surface area contributed by atoms with Gasteiger partial charge in [-0.3, -0.25) is 4.79 Å². The molecule has 3 heteroatoms. The molecule has 1 aliphatic rings. The minimum atomic E-state index is -0.0712. The summed E-state index contributed by atoms with van der Waals surface area (Å²) in [5, 5.41) is 3.61. The minimum absolute atomic E-state index is 0.0712. The predicted molar refractivity (Wildman–Crippen MR) is 88.5 cm³/mol. The Balaban J connectivity index is 1.97. The highest BCUT2D eigenvalue weighted by atomic mass is 16.1. The quantitative estimate of drug-likeness (QED) is 0.637. The number of Topliss-reactive ketones (excluding diaryl/α,β-unsaturated/α-hetero) is 1. The monoisotopic (exact) mass is 288 g/mol. The van der Waals surface area contributed by atoms with Crippen LogP contribution in [0, 0.1) is 0 Å². The van der Waals surface area contributed by atoms with E-state index < -0.39 is 0 Å². The summed E-state index contributed by atoms with van der Waals surface area (Å²) in [6.07, 6.45) is 9.83. The normalized spacial score (nSPS) is 18.7. The zero-order valence-corrected chi connectivity index (χ0v) is 13.1. The number of carbonyl (C=O) groups excluding carboxylic acids is 1. The molecule has 0 saturated heterocycles. The van der Waals surface area contributed by atoms with Gasteiger partial charge in [0.15, 0.2) is 5.78 Å². The van der Waals surface area contributed by atoms with E-state index in [0.717, 1.165) is 12.0 Å². The van der Waals surface area contributed by atoms with Crippen molar-refractivity contribution in [2.75, 3.05) is 5.73 Å². The van der Waals surface area contributed by atoms with E-state index in [9.17, 15) is 4.79 Å². The fourth-order valence-electron chi connectivity index (χ4n) is 3.13. The number of benzene rings is 1. The summed E-state index contributed by atoms with van der Waals surface area (Å²) >= 11 is 0. The van der Waals surface area contributed by atoms with E-state index in [0.29, 0.717) is 11.7 Å². The Morgan fingerprint density at radius 1 is 1.14 bits per heavy atom. The third kappa shape index (κ3) is 4.85. The van der Waals surface area contributed by atoms with Crippen LogP contribution in [0.4, 0.5) is 5.69 Å². The number of anilines is 1.